The predicted octanol–water partition coefficient (Wildman–Crippen LogP) is 5.93. The average Bonchev–Trinajstić information content (AvgIpc) is 2.99. The van der Waals surface area contributed by atoms with E-state index in [1.807, 2.05) is 17.0 Å². The van der Waals surface area contributed by atoms with Crippen molar-refractivity contribution >= 4 is 45.7 Å². The molecule has 1 saturated heterocycles. The number of carbonyl (C=O) groups excluding carboxylic acids is 2. The Morgan fingerprint density at radius 2 is 1.59 bits per heavy atom. The van der Waals surface area contributed by atoms with Crippen molar-refractivity contribution in [1.29, 1.82) is 0 Å². The number of carbonyl (C=O) groups is 2. The lowest BCUT2D eigenvalue weighted by Crippen LogP contribution is -2.49. The lowest BCUT2D eigenvalue weighted by atomic mass is 10.0. The highest BCUT2D eigenvalue weighted by molar-refractivity contribution is 7.92. The Balaban J connectivity index is 0.00000529. The van der Waals surface area contributed by atoms with E-state index in [1.54, 1.807) is 55.6 Å². The second kappa shape index (κ2) is 16.3. The maximum atomic E-state index is 13.3. The van der Waals surface area contributed by atoms with Gasteiger partial charge < -0.3 is 20.3 Å². The number of halogens is 1. The first-order valence-corrected chi connectivity index (χ1v) is 16.5. The molecule has 0 unspecified atom stereocenters. The van der Waals surface area contributed by atoms with Crippen molar-refractivity contribution < 1.29 is 22.7 Å². The molecule has 0 aliphatic carbocycles. The fraction of sp³-hybridized carbons (Fsp3) is 0.375. The highest BCUT2D eigenvalue weighted by atomic mass is 35.5. The molecule has 4 rings (SSSR count). The molecule has 1 aliphatic heterocycles. The summed E-state index contributed by atoms with van der Waals surface area (Å²) in [4.78, 5) is 29.7. The van der Waals surface area contributed by atoms with Crippen LogP contribution in [0.25, 0.3) is 0 Å². The molecular weight excluding hydrogens is 602 g/mol. The van der Waals surface area contributed by atoms with Crippen molar-refractivity contribution in [3.63, 3.8) is 0 Å². The molecular formula is C32H42ClN5O5S. The van der Waals surface area contributed by atoms with Crippen LogP contribution in [0.4, 0.5) is 16.2 Å². The first kappa shape index (κ1) is 34.7. The summed E-state index contributed by atoms with van der Waals surface area (Å²) in [6.45, 7) is 5.40. The molecule has 1 heterocycles. The number of likely N-dealkylation sites (tertiary alicyclic amines) is 1. The average molecular weight is 644 g/mol. The second-order valence-electron chi connectivity index (χ2n) is 10.8. The Morgan fingerprint density at radius 3 is 2.18 bits per heavy atom. The van der Waals surface area contributed by atoms with Crippen molar-refractivity contribution in [3.05, 3.63) is 83.9 Å². The van der Waals surface area contributed by atoms with Gasteiger partial charge in [-0.05, 0) is 79.4 Å². The Morgan fingerprint density at radius 1 is 0.955 bits per heavy atom. The van der Waals surface area contributed by atoms with Gasteiger partial charge in [-0.1, -0.05) is 31.5 Å². The maximum Gasteiger partial charge on any atom is 0.322 e. The van der Waals surface area contributed by atoms with Crippen LogP contribution < -0.4 is 20.1 Å². The van der Waals surface area contributed by atoms with E-state index in [0.29, 0.717) is 35.0 Å². The summed E-state index contributed by atoms with van der Waals surface area (Å²) in [5.74, 6) is 1.12. The summed E-state index contributed by atoms with van der Waals surface area (Å²) < 4.78 is 31.1. The SMILES string of the molecule is CCCCN(C(=O)Nc1cccc(C(=O)NC)c1)C1CCN(Cc2ccc(Oc3ccc(NS(C)(=O)=O)cc3)cc2)CC1.Cl. The number of benzene rings is 3. The maximum absolute atomic E-state index is 13.3. The van der Waals surface area contributed by atoms with Crippen LogP contribution in [0.2, 0.25) is 0 Å². The zero-order chi connectivity index (χ0) is 30.8. The lowest BCUT2D eigenvalue weighted by molar-refractivity contribution is 0.0963. The van der Waals surface area contributed by atoms with Crippen LogP contribution in [0, 0.1) is 0 Å². The van der Waals surface area contributed by atoms with Gasteiger partial charge in [0.15, 0.2) is 0 Å². The molecule has 0 saturated carbocycles. The number of nitrogens with zero attached hydrogens (tertiary/aromatic N) is 2. The zero-order valence-electron chi connectivity index (χ0n) is 25.4. The van der Waals surface area contributed by atoms with Gasteiger partial charge in [-0.3, -0.25) is 14.4 Å². The number of anilines is 2. The minimum atomic E-state index is -3.32. The lowest BCUT2D eigenvalue weighted by Gasteiger charge is -2.38. The largest absolute Gasteiger partial charge is 0.457 e. The molecule has 12 heteroatoms. The molecule has 1 aliphatic rings. The molecule has 3 amide bonds. The first-order chi connectivity index (χ1) is 20.6. The van der Waals surface area contributed by atoms with Gasteiger partial charge in [0.25, 0.3) is 5.91 Å². The van der Waals surface area contributed by atoms with E-state index in [4.69, 9.17) is 4.74 Å². The Kier molecular flexibility index (Phi) is 12.9. The van der Waals surface area contributed by atoms with Crippen molar-refractivity contribution in [1.82, 2.24) is 15.1 Å². The molecule has 3 N–H and O–H groups in total. The van der Waals surface area contributed by atoms with Crippen molar-refractivity contribution in [2.75, 3.05) is 43.0 Å². The number of hydrogen-bond acceptors (Lipinski definition) is 6. The van der Waals surface area contributed by atoms with Gasteiger partial charge in [-0.15, -0.1) is 12.4 Å². The summed E-state index contributed by atoms with van der Waals surface area (Å²) in [5.41, 5.74) is 2.77. The van der Waals surface area contributed by atoms with E-state index in [2.05, 4.69) is 39.3 Å². The predicted molar refractivity (Wildman–Crippen MR) is 177 cm³/mol. The standard InChI is InChI=1S/C32H41N5O5S.ClH/c1-4-5-19-37(32(39)34-27-8-6-7-25(22-27)31(38)33-2)28-17-20-36(21-18-28)23-24-9-13-29(14-10-24)42-30-15-11-26(12-16-30)35-43(3,40)41;/h6-16,22,28,35H,4-5,17-21,23H2,1-3H3,(H,33,38)(H,34,39);1H. The quantitative estimate of drug-likeness (QED) is 0.225. The van der Waals surface area contributed by atoms with E-state index >= 15 is 0 Å². The number of piperidine rings is 1. The number of unbranched alkanes of at least 4 members (excludes halogenated alkanes) is 1. The number of ether oxygens (including phenoxy) is 1. The van der Waals surface area contributed by atoms with Gasteiger partial charge in [0.2, 0.25) is 10.0 Å². The number of urea groups is 1. The van der Waals surface area contributed by atoms with E-state index < -0.39 is 10.0 Å². The number of rotatable bonds is 12. The molecule has 0 bridgehead atoms. The number of hydrogen-bond donors (Lipinski definition) is 3. The van der Waals surface area contributed by atoms with Crippen LogP contribution in [0.1, 0.15) is 48.5 Å². The van der Waals surface area contributed by atoms with Crippen LogP contribution in [0.15, 0.2) is 72.8 Å². The smallest absolute Gasteiger partial charge is 0.322 e. The van der Waals surface area contributed by atoms with E-state index in [1.165, 1.54) is 5.56 Å². The minimum absolute atomic E-state index is 0. The van der Waals surface area contributed by atoms with Crippen molar-refractivity contribution in [2.24, 2.45) is 0 Å². The molecule has 3 aromatic rings. The van der Waals surface area contributed by atoms with Crippen molar-refractivity contribution in [3.8, 4) is 11.5 Å². The monoisotopic (exact) mass is 643 g/mol. The summed E-state index contributed by atoms with van der Waals surface area (Å²) in [5, 5.41) is 5.62. The van der Waals surface area contributed by atoms with Gasteiger partial charge >= 0.3 is 6.03 Å². The van der Waals surface area contributed by atoms with Gasteiger partial charge in [-0.25, -0.2) is 13.2 Å². The van der Waals surface area contributed by atoms with Gasteiger partial charge in [0.05, 0.1) is 6.26 Å². The summed E-state index contributed by atoms with van der Waals surface area (Å²) in [6, 6.07) is 21.7. The molecule has 10 nitrogen and oxygen atoms in total. The van der Waals surface area contributed by atoms with Crippen LogP contribution in [-0.2, 0) is 16.6 Å². The summed E-state index contributed by atoms with van der Waals surface area (Å²) >= 11 is 0. The fourth-order valence-electron chi connectivity index (χ4n) is 5.11. The minimum Gasteiger partial charge on any atom is -0.457 e. The molecule has 44 heavy (non-hydrogen) atoms. The molecule has 1 fully saturated rings. The first-order valence-electron chi connectivity index (χ1n) is 14.6. The Labute approximate surface area is 266 Å². The second-order valence-corrected chi connectivity index (χ2v) is 12.5. The summed E-state index contributed by atoms with van der Waals surface area (Å²) in [6.07, 6.45) is 4.82. The number of nitrogens with one attached hydrogen (secondary N) is 3. The van der Waals surface area contributed by atoms with Crippen molar-refractivity contribution in [2.45, 2.75) is 45.2 Å². The highest BCUT2D eigenvalue weighted by Gasteiger charge is 2.28. The fourth-order valence-corrected chi connectivity index (χ4v) is 5.67. The third-order valence-electron chi connectivity index (χ3n) is 7.34. The highest BCUT2D eigenvalue weighted by Crippen LogP contribution is 2.25. The molecule has 0 atom stereocenters. The third kappa shape index (κ3) is 10.4. The van der Waals surface area contributed by atoms with Crippen LogP contribution in [0.3, 0.4) is 0 Å². The van der Waals surface area contributed by atoms with Gasteiger partial charge in [0.1, 0.15) is 11.5 Å². The Bertz CT molecular complexity index is 1480. The number of amides is 3. The summed E-state index contributed by atoms with van der Waals surface area (Å²) in [7, 11) is -1.74. The van der Waals surface area contributed by atoms with E-state index in [-0.39, 0.29) is 30.4 Å². The Hall–Kier alpha value is -3.80. The normalized spacial score (nSPS) is 13.8. The molecule has 0 spiro atoms. The van der Waals surface area contributed by atoms with Crippen LogP contribution in [0.5, 0.6) is 11.5 Å². The molecule has 3 aromatic carbocycles. The van der Waals surface area contributed by atoms with Gasteiger partial charge in [0, 0.05) is 56.2 Å². The molecule has 238 valence electrons. The molecule has 0 radical (unpaired) electrons. The van der Waals surface area contributed by atoms with E-state index in [0.717, 1.165) is 51.6 Å². The van der Waals surface area contributed by atoms with Crippen LogP contribution in [-0.4, -0.2) is 69.1 Å². The topological polar surface area (TPSA) is 120 Å². The zero-order valence-corrected chi connectivity index (χ0v) is 27.0. The third-order valence-corrected chi connectivity index (χ3v) is 7.94. The number of sulfonamides is 1. The van der Waals surface area contributed by atoms with Crippen LogP contribution >= 0.6 is 12.4 Å². The molecule has 0 aromatic heterocycles. The van der Waals surface area contributed by atoms with E-state index in [9.17, 15) is 18.0 Å². The van der Waals surface area contributed by atoms with Gasteiger partial charge in [-0.2, -0.15) is 0 Å².